The number of para-hydroxylation sites is 1. The van der Waals surface area contributed by atoms with Gasteiger partial charge >= 0.3 is 0 Å². The second-order valence-electron chi connectivity index (χ2n) is 6.75. The molecule has 1 saturated heterocycles. The highest BCUT2D eigenvalue weighted by atomic mass is 32.2. The number of hydrogen-bond donors (Lipinski definition) is 2. The fourth-order valence-electron chi connectivity index (χ4n) is 3.13. The van der Waals surface area contributed by atoms with Crippen LogP contribution in [-0.4, -0.2) is 44.9 Å². The molecule has 1 aliphatic rings. The molecule has 1 aliphatic heterocycles. The van der Waals surface area contributed by atoms with Crippen molar-refractivity contribution in [1.29, 1.82) is 0 Å². The van der Waals surface area contributed by atoms with Gasteiger partial charge in [0, 0.05) is 24.0 Å². The molecule has 0 aliphatic carbocycles. The zero-order chi connectivity index (χ0) is 21.1. The van der Waals surface area contributed by atoms with E-state index in [1.165, 1.54) is 22.5 Å². The summed E-state index contributed by atoms with van der Waals surface area (Å²) in [6, 6.07) is 15.2. The summed E-state index contributed by atoms with van der Waals surface area (Å²) in [5, 5.41) is 0.919. The number of benzene rings is 2. The van der Waals surface area contributed by atoms with Crippen molar-refractivity contribution in [3.63, 3.8) is 0 Å². The Balaban J connectivity index is 1.44. The van der Waals surface area contributed by atoms with Gasteiger partial charge in [-0.15, -0.1) is 0 Å². The number of carbonyl (C=O) groups is 1. The molecule has 0 bridgehead atoms. The van der Waals surface area contributed by atoms with Gasteiger partial charge in [0.15, 0.2) is 5.76 Å². The first-order chi connectivity index (χ1) is 14.4. The molecule has 1 amide bonds. The van der Waals surface area contributed by atoms with Gasteiger partial charge < -0.3 is 9.15 Å². The van der Waals surface area contributed by atoms with E-state index in [9.17, 15) is 13.2 Å². The highest BCUT2D eigenvalue weighted by Crippen LogP contribution is 2.22. The topological polar surface area (TPSA) is 101 Å². The molecule has 1 fully saturated rings. The fraction of sp³-hybridized carbons (Fsp3) is 0.190. The molecule has 2 aromatic carbocycles. The Hall–Kier alpha value is -3.14. The zero-order valence-electron chi connectivity index (χ0n) is 16.1. The predicted molar refractivity (Wildman–Crippen MR) is 112 cm³/mol. The van der Waals surface area contributed by atoms with E-state index in [1.54, 1.807) is 6.07 Å². The van der Waals surface area contributed by atoms with Crippen LogP contribution in [0.25, 0.3) is 16.7 Å². The summed E-state index contributed by atoms with van der Waals surface area (Å²) in [6.45, 7) is 5.16. The number of ether oxygens (including phenoxy) is 1. The number of carbonyl (C=O) groups excluding carboxylic acids is 1. The van der Waals surface area contributed by atoms with E-state index < -0.39 is 15.9 Å². The van der Waals surface area contributed by atoms with E-state index in [1.807, 2.05) is 30.3 Å². The summed E-state index contributed by atoms with van der Waals surface area (Å²) in [4.78, 5) is 12.6. The van der Waals surface area contributed by atoms with E-state index in [4.69, 9.17) is 9.15 Å². The first-order valence-corrected chi connectivity index (χ1v) is 10.8. The van der Waals surface area contributed by atoms with Gasteiger partial charge in [-0.1, -0.05) is 30.8 Å². The van der Waals surface area contributed by atoms with Crippen molar-refractivity contribution in [2.75, 3.05) is 26.3 Å². The van der Waals surface area contributed by atoms with Gasteiger partial charge in [-0.25, -0.2) is 8.42 Å². The minimum Gasteiger partial charge on any atom is -0.454 e. The first kappa shape index (κ1) is 20.1. The summed E-state index contributed by atoms with van der Waals surface area (Å²) in [6.07, 6.45) is 0. The highest BCUT2D eigenvalue weighted by Gasteiger charge is 2.26. The molecular weight excluding hydrogens is 406 g/mol. The zero-order valence-corrected chi connectivity index (χ0v) is 16.9. The van der Waals surface area contributed by atoms with Crippen LogP contribution in [0.15, 0.2) is 70.5 Å². The van der Waals surface area contributed by atoms with Gasteiger partial charge in [-0.3, -0.25) is 15.6 Å². The third-order valence-corrected chi connectivity index (χ3v) is 6.65. The molecule has 2 heterocycles. The van der Waals surface area contributed by atoms with E-state index in [0.29, 0.717) is 30.3 Å². The second kappa shape index (κ2) is 8.31. The second-order valence-corrected chi connectivity index (χ2v) is 8.69. The number of fused-ring (bicyclic) bond motifs is 1. The lowest BCUT2D eigenvalue weighted by atomic mass is 10.2. The lowest BCUT2D eigenvalue weighted by Gasteiger charge is -2.26. The monoisotopic (exact) mass is 427 g/mol. The lowest BCUT2D eigenvalue weighted by Crippen LogP contribution is -2.40. The maximum atomic E-state index is 12.8. The van der Waals surface area contributed by atoms with Gasteiger partial charge in [-0.2, -0.15) is 4.31 Å². The summed E-state index contributed by atoms with van der Waals surface area (Å²) in [5.41, 5.74) is 6.52. The Morgan fingerprint density at radius 2 is 1.77 bits per heavy atom. The summed E-state index contributed by atoms with van der Waals surface area (Å²) >= 11 is 0. The van der Waals surface area contributed by atoms with Crippen LogP contribution in [0.5, 0.6) is 0 Å². The summed E-state index contributed by atoms with van der Waals surface area (Å²) < 4.78 is 37.8. The Kier molecular flexibility index (Phi) is 5.58. The Morgan fingerprint density at radius 3 is 2.53 bits per heavy atom. The van der Waals surface area contributed by atoms with E-state index >= 15 is 0 Å². The van der Waals surface area contributed by atoms with Crippen molar-refractivity contribution in [2.45, 2.75) is 4.90 Å². The Labute approximate surface area is 174 Å². The van der Waals surface area contributed by atoms with Gasteiger partial charge in [0.2, 0.25) is 10.0 Å². The molecule has 4 rings (SSSR count). The number of nitrogens with zero attached hydrogens (tertiary/aromatic N) is 1. The van der Waals surface area contributed by atoms with Crippen LogP contribution in [-0.2, 0) is 14.8 Å². The lowest BCUT2D eigenvalue weighted by molar-refractivity contribution is 0.0730. The van der Waals surface area contributed by atoms with Crippen LogP contribution in [0.1, 0.15) is 16.1 Å². The number of nitrogens with one attached hydrogen (secondary N) is 2. The number of sulfonamides is 1. The van der Waals surface area contributed by atoms with E-state index in [-0.39, 0.29) is 23.5 Å². The third kappa shape index (κ3) is 4.09. The van der Waals surface area contributed by atoms with Gasteiger partial charge in [0.25, 0.3) is 5.91 Å². The molecular formula is C21H21N3O5S. The molecule has 0 spiro atoms. The summed E-state index contributed by atoms with van der Waals surface area (Å²) in [7, 11) is -3.69. The number of rotatable bonds is 6. The molecule has 30 heavy (non-hydrogen) atoms. The van der Waals surface area contributed by atoms with Crippen LogP contribution < -0.4 is 10.9 Å². The van der Waals surface area contributed by atoms with Crippen molar-refractivity contribution < 1.29 is 22.4 Å². The number of furan rings is 1. The third-order valence-electron chi connectivity index (χ3n) is 4.75. The maximum Gasteiger partial charge on any atom is 0.269 e. The van der Waals surface area contributed by atoms with Crippen LogP contribution in [0.2, 0.25) is 0 Å². The van der Waals surface area contributed by atoms with E-state index in [0.717, 1.165) is 5.39 Å². The quantitative estimate of drug-likeness (QED) is 0.586. The normalized spacial score (nSPS) is 15.1. The number of morpholine rings is 1. The van der Waals surface area contributed by atoms with Crippen LogP contribution in [0.4, 0.5) is 0 Å². The first-order valence-electron chi connectivity index (χ1n) is 9.37. The molecule has 3 aromatic rings. The largest absolute Gasteiger partial charge is 0.454 e. The van der Waals surface area contributed by atoms with Gasteiger partial charge in [-0.05, 0) is 30.3 Å². The molecule has 8 nitrogen and oxygen atoms in total. The average Bonchev–Trinajstić information content (AvgIpc) is 3.22. The molecule has 0 radical (unpaired) electrons. The van der Waals surface area contributed by atoms with Crippen LogP contribution in [0.3, 0.4) is 0 Å². The molecule has 9 heteroatoms. The molecule has 0 atom stereocenters. The summed E-state index contributed by atoms with van der Waals surface area (Å²) in [5.74, 6) is -0.00793. The predicted octanol–water partition coefficient (Wildman–Crippen LogP) is 2.36. The number of hydrazine groups is 1. The molecule has 0 unspecified atom stereocenters. The molecule has 0 saturated carbocycles. The highest BCUT2D eigenvalue weighted by molar-refractivity contribution is 7.89. The van der Waals surface area contributed by atoms with Crippen molar-refractivity contribution in [1.82, 2.24) is 15.2 Å². The van der Waals surface area contributed by atoms with E-state index in [2.05, 4.69) is 17.4 Å². The fourth-order valence-corrected chi connectivity index (χ4v) is 4.58. The van der Waals surface area contributed by atoms with Crippen molar-refractivity contribution in [3.8, 4) is 0 Å². The van der Waals surface area contributed by atoms with Gasteiger partial charge in [0.1, 0.15) is 5.58 Å². The number of amides is 1. The molecule has 2 N–H and O–H groups in total. The SMILES string of the molecule is C=C(NNC(=O)c1cccc(S(=O)(=O)N2CCOCC2)c1)c1cc2ccccc2o1. The van der Waals surface area contributed by atoms with Crippen molar-refractivity contribution in [2.24, 2.45) is 0 Å². The van der Waals surface area contributed by atoms with Gasteiger partial charge in [0.05, 0.1) is 23.8 Å². The Morgan fingerprint density at radius 1 is 1.00 bits per heavy atom. The smallest absolute Gasteiger partial charge is 0.269 e. The van der Waals surface area contributed by atoms with Crippen molar-refractivity contribution >= 4 is 32.6 Å². The minimum atomic E-state index is -3.69. The molecule has 156 valence electrons. The number of hydrogen-bond acceptors (Lipinski definition) is 6. The molecule has 1 aromatic heterocycles. The Bertz CT molecular complexity index is 1160. The van der Waals surface area contributed by atoms with Crippen molar-refractivity contribution in [3.05, 3.63) is 72.5 Å². The minimum absolute atomic E-state index is 0.0631. The maximum absolute atomic E-state index is 12.8. The van der Waals surface area contributed by atoms with Crippen LogP contribution >= 0.6 is 0 Å². The average molecular weight is 427 g/mol. The standard InChI is InChI=1S/C21H21N3O5S/c1-15(20-14-16-5-2-3-8-19(16)29-20)22-23-21(25)17-6-4-7-18(13-17)30(26,27)24-9-11-28-12-10-24/h2-8,13-14,22H,1,9-12H2,(H,23,25). The van der Waals surface area contributed by atoms with Crippen LogP contribution in [0, 0.1) is 0 Å².